The van der Waals surface area contributed by atoms with Crippen molar-refractivity contribution >= 4 is 33.3 Å². The molecule has 1 amide bonds. The van der Waals surface area contributed by atoms with Crippen LogP contribution in [0, 0.1) is 11.8 Å². The van der Waals surface area contributed by atoms with Crippen molar-refractivity contribution in [2.75, 3.05) is 31.1 Å². The zero-order valence-corrected chi connectivity index (χ0v) is 21.4. The molecule has 0 atom stereocenters. The molecule has 2 fully saturated rings. The number of carbonyl (C=O) groups excluding carboxylic acids is 1. The van der Waals surface area contributed by atoms with Gasteiger partial charge in [0.2, 0.25) is 5.91 Å². The smallest absolute Gasteiger partial charge is 0.222 e. The van der Waals surface area contributed by atoms with Crippen molar-refractivity contribution in [1.29, 1.82) is 0 Å². The molecule has 2 aromatic heterocycles. The molecular formula is C27H40N4OS. The maximum absolute atomic E-state index is 12.9. The molecule has 0 aromatic carbocycles. The van der Waals surface area contributed by atoms with Crippen LogP contribution in [0.4, 0.5) is 5.82 Å². The minimum atomic E-state index is 0.360. The molecule has 3 aliphatic rings. The molecule has 1 saturated heterocycles. The Bertz CT molecular complexity index is 970. The third kappa shape index (κ3) is 5.21. The predicted octanol–water partition coefficient (Wildman–Crippen LogP) is 5.78. The topological polar surface area (TPSA) is 49.3 Å². The molecule has 3 heterocycles. The van der Waals surface area contributed by atoms with E-state index in [1.54, 1.807) is 4.88 Å². The van der Waals surface area contributed by atoms with Crippen molar-refractivity contribution in [3.63, 3.8) is 0 Å². The molecule has 2 aromatic rings. The van der Waals surface area contributed by atoms with Crippen LogP contribution in [-0.2, 0) is 24.1 Å². The zero-order valence-electron chi connectivity index (χ0n) is 20.6. The zero-order chi connectivity index (χ0) is 22.8. The summed E-state index contributed by atoms with van der Waals surface area (Å²) in [5.74, 6) is 3.83. The summed E-state index contributed by atoms with van der Waals surface area (Å²) in [5, 5.41) is 1.32. The average molecular weight is 469 g/mol. The van der Waals surface area contributed by atoms with E-state index in [4.69, 9.17) is 9.97 Å². The Kier molecular flexibility index (Phi) is 7.19. The van der Waals surface area contributed by atoms with E-state index >= 15 is 0 Å². The standard InChI is InChI=1S/C27H40N4OS/c1-19(2)18-23-28-26(25-21-10-4-3-5-11-22(21)33-27(25)29-23)31-16-14-30(15-17-31)24(32)13-12-20-8-6-7-9-20/h19-20H,3-18H2,1-2H3. The summed E-state index contributed by atoms with van der Waals surface area (Å²) in [6, 6.07) is 0. The molecule has 0 unspecified atom stereocenters. The maximum Gasteiger partial charge on any atom is 0.222 e. The normalized spacial score (nSPS) is 20.0. The van der Waals surface area contributed by atoms with Crippen molar-refractivity contribution in [2.45, 2.75) is 90.9 Å². The van der Waals surface area contributed by atoms with Crippen LogP contribution in [0.25, 0.3) is 10.2 Å². The molecular weight excluding hydrogens is 428 g/mol. The van der Waals surface area contributed by atoms with Crippen LogP contribution in [0.3, 0.4) is 0 Å². The molecule has 0 spiro atoms. The van der Waals surface area contributed by atoms with E-state index in [0.29, 0.717) is 11.8 Å². The van der Waals surface area contributed by atoms with Gasteiger partial charge in [0.15, 0.2) is 0 Å². The number of thiophene rings is 1. The Morgan fingerprint density at radius 2 is 1.76 bits per heavy atom. The van der Waals surface area contributed by atoms with Crippen molar-refractivity contribution in [3.05, 3.63) is 16.3 Å². The van der Waals surface area contributed by atoms with Crippen LogP contribution in [0.15, 0.2) is 0 Å². The fourth-order valence-electron chi connectivity index (χ4n) is 6.00. The number of carbonyl (C=O) groups is 1. The maximum atomic E-state index is 12.9. The lowest BCUT2D eigenvalue weighted by atomic mass is 10.0. The SMILES string of the molecule is CC(C)Cc1nc(N2CCN(C(=O)CCC3CCCC3)CC2)c2c3c(sc2n1)CCCCC3. The number of aromatic nitrogens is 2. The Balaban J connectivity index is 1.34. The number of hydrogen-bond acceptors (Lipinski definition) is 5. The third-order valence-electron chi connectivity index (χ3n) is 7.86. The monoisotopic (exact) mass is 468 g/mol. The van der Waals surface area contributed by atoms with E-state index < -0.39 is 0 Å². The lowest BCUT2D eigenvalue weighted by Gasteiger charge is -2.36. The molecule has 1 aliphatic heterocycles. The fraction of sp³-hybridized carbons (Fsp3) is 0.741. The van der Waals surface area contributed by atoms with Gasteiger partial charge < -0.3 is 9.80 Å². The Morgan fingerprint density at radius 1 is 1.00 bits per heavy atom. The van der Waals surface area contributed by atoms with Crippen LogP contribution in [0.2, 0.25) is 0 Å². The first kappa shape index (κ1) is 23.1. The van der Waals surface area contributed by atoms with Gasteiger partial charge in [-0.2, -0.15) is 0 Å². The summed E-state index contributed by atoms with van der Waals surface area (Å²) in [6.45, 7) is 7.89. The molecule has 5 rings (SSSR count). The first-order chi connectivity index (χ1) is 16.1. The highest BCUT2D eigenvalue weighted by Crippen LogP contribution is 2.39. The van der Waals surface area contributed by atoms with Gasteiger partial charge in [0.25, 0.3) is 0 Å². The van der Waals surface area contributed by atoms with Crippen LogP contribution in [-0.4, -0.2) is 47.0 Å². The summed E-state index contributed by atoms with van der Waals surface area (Å²) >= 11 is 1.91. The van der Waals surface area contributed by atoms with Crippen molar-refractivity contribution in [1.82, 2.24) is 14.9 Å². The summed E-state index contributed by atoms with van der Waals surface area (Å²) in [7, 11) is 0. The fourth-order valence-corrected chi connectivity index (χ4v) is 7.27. The molecule has 2 aliphatic carbocycles. The quantitative estimate of drug-likeness (QED) is 0.505. The van der Waals surface area contributed by atoms with Gasteiger partial charge in [-0.05, 0) is 49.5 Å². The second-order valence-electron chi connectivity index (χ2n) is 10.9. The lowest BCUT2D eigenvalue weighted by Crippen LogP contribution is -2.49. The largest absolute Gasteiger partial charge is 0.352 e. The van der Waals surface area contributed by atoms with Gasteiger partial charge in [0, 0.05) is 43.9 Å². The number of hydrogen-bond donors (Lipinski definition) is 0. The second-order valence-corrected chi connectivity index (χ2v) is 11.9. The van der Waals surface area contributed by atoms with Crippen molar-refractivity contribution in [2.24, 2.45) is 11.8 Å². The molecule has 0 radical (unpaired) electrons. The number of amides is 1. The third-order valence-corrected chi connectivity index (χ3v) is 9.04. The Labute approximate surface area is 203 Å². The van der Waals surface area contributed by atoms with Crippen LogP contribution in [0.5, 0.6) is 0 Å². The van der Waals surface area contributed by atoms with Gasteiger partial charge in [-0.25, -0.2) is 9.97 Å². The van der Waals surface area contributed by atoms with Gasteiger partial charge in [-0.1, -0.05) is 46.0 Å². The van der Waals surface area contributed by atoms with Gasteiger partial charge in [-0.3, -0.25) is 4.79 Å². The van der Waals surface area contributed by atoms with Crippen molar-refractivity contribution < 1.29 is 4.79 Å². The van der Waals surface area contributed by atoms with Crippen molar-refractivity contribution in [3.8, 4) is 0 Å². The highest BCUT2D eigenvalue weighted by molar-refractivity contribution is 7.19. The Hall–Kier alpha value is -1.69. The highest BCUT2D eigenvalue weighted by Gasteiger charge is 2.27. The van der Waals surface area contributed by atoms with Gasteiger partial charge in [0.1, 0.15) is 16.5 Å². The molecule has 5 nitrogen and oxygen atoms in total. The summed E-state index contributed by atoms with van der Waals surface area (Å²) in [6.07, 6.45) is 14.4. The molecule has 6 heteroatoms. The van der Waals surface area contributed by atoms with Gasteiger partial charge in [0.05, 0.1) is 5.39 Å². The van der Waals surface area contributed by atoms with E-state index in [9.17, 15) is 4.79 Å². The molecule has 33 heavy (non-hydrogen) atoms. The number of anilines is 1. The molecule has 1 saturated carbocycles. The summed E-state index contributed by atoms with van der Waals surface area (Å²) in [4.78, 5) is 30.3. The van der Waals surface area contributed by atoms with E-state index in [1.807, 2.05) is 11.3 Å². The first-order valence-electron chi connectivity index (χ1n) is 13.4. The van der Waals surface area contributed by atoms with Crippen LogP contribution in [0.1, 0.15) is 87.9 Å². The van der Waals surface area contributed by atoms with Crippen LogP contribution >= 0.6 is 11.3 Å². The van der Waals surface area contributed by atoms with Gasteiger partial charge in [-0.15, -0.1) is 11.3 Å². The van der Waals surface area contributed by atoms with E-state index in [-0.39, 0.29) is 0 Å². The van der Waals surface area contributed by atoms with E-state index in [0.717, 1.165) is 69.4 Å². The second kappa shape index (κ2) is 10.3. The highest BCUT2D eigenvalue weighted by atomic mass is 32.1. The summed E-state index contributed by atoms with van der Waals surface area (Å²) < 4.78 is 0. The number of aryl methyl sites for hydroxylation is 2. The van der Waals surface area contributed by atoms with E-state index in [1.165, 1.54) is 67.1 Å². The van der Waals surface area contributed by atoms with E-state index in [2.05, 4.69) is 23.6 Å². The number of nitrogens with zero attached hydrogens (tertiary/aromatic N) is 4. The number of fused-ring (bicyclic) bond motifs is 3. The molecule has 0 N–H and O–H groups in total. The lowest BCUT2D eigenvalue weighted by molar-refractivity contribution is -0.131. The number of rotatable bonds is 6. The van der Waals surface area contributed by atoms with Gasteiger partial charge >= 0.3 is 0 Å². The molecule has 180 valence electrons. The average Bonchev–Trinajstić information content (AvgIpc) is 3.38. The Morgan fingerprint density at radius 3 is 2.52 bits per heavy atom. The first-order valence-corrected chi connectivity index (χ1v) is 14.2. The summed E-state index contributed by atoms with van der Waals surface area (Å²) in [5.41, 5.74) is 1.52. The predicted molar refractivity (Wildman–Crippen MR) is 137 cm³/mol. The number of piperazine rings is 1. The molecule has 0 bridgehead atoms. The minimum Gasteiger partial charge on any atom is -0.352 e. The minimum absolute atomic E-state index is 0.360. The van der Waals surface area contributed by atoms with Crippen LogP contribution < -0.4 is 4.90 Å².